The molecule has 166 valence electrons. The van der Waals surface area contributed by atoms with Crippen LogP contribution < -0.4 is 5.51 Å². The smallest absolute Gasteiger partial charge is 0.246 e. The third-order valence-corrected chi connectivity index (χ3v) is 14.1. The van der Waals surface area contributed by atoms with E-state index in [-0.39, 0.29) is 5.16 Å². The van der Waals surface area contributed by atoms with E-state index >= 15 is 0 Å². The summed E-state index contributed by atoms with van der Waals surface area (Å²) in [6, 6.07) is 0. The molecule has 0 saturated heterocycles. The normalized spacial score (nSPS) is 15.9. The number of oxazole rings is 1. The average Bonchev–Trinajstić information content (AvgIpc) is 3.08. The fourth-order valence-electron chi connectivity index (χ4n) is 5.21. The minimum absolute atomic E-state index is 0.0908. The molecular weight excluding hydrogens is 416 g/mol. The molecular formula is C21H34N4O3SSi. The highest BCUT2D eigenvalue weighted by atomic mass is 32.2. The predicted octanol–water partition coefficient (Wildman–Crippen LogP) is 3.31. The van der Waals surface area contributed by atoms with Gasteiger partial charge in [0.1, 0.15) is 5.76 Å². The number of fused-ring (bicyclic) bond motifs is 1. The van der Waals surface area contributed by atoms with E-state index in [1.807, 2.05) is 6.20 Å². The Kier molecular flexibility index (Phi) is 6.55. The van der Waals surface area contributed by atoms with Crippen molar-refractivity contribution in [2.24, 2.45) is 0 Å². The molecule has 0 unspecified atom stereocenters. The van der Waals surface area contributed by atoms with Gasteiger partial charge in [0, 0.05) is 37.5 Å². The van der Waals surface area contributed by atoms with Crippen LogP contribution in [0.5, 0.6) is 0 Å². The minimum Gasteiger partial charge on any atom is -0.449 e. The zero-order chi connectivity index (χ0) is 22.3. The van der Waals surface area contributed by atoms with Crippen molar-refractivity contribution in [1.82, 2.24) is 19.9 Å². The molecule has 0 bridgehead atoms. The Morgan fingerprint density at radius 1 is 1.07 bits per heavy atom. The van der Waals surface area contributed by atoms with Crippen molar-refractivity contribution in [2.75, 3.05) is 12.8 Å². The number of hydrogen-bond donors (Lipinski definition) is 0. The standard InChI is InChI=1S/C21H34N4O3SSi/c1-14(2)30(15(3)4,16(5)6)21-23-11-18(28-21)13-25-9-8-19-17(12-25)10-22-20(24-19)29(7,26)27/h10-11,14-16H,8-9,12-13H2,1-7H3. The van der Waals surface area contributed by atoms with Gasteiger partial charge in [0.05, 0.1) is 18.4 Å². The van der Waals surface area contributed by atoms with Crippen molar-refractivity contribution in [2.45, 2.75) is 82.8 Å². The number of sulfone groups is 1. The van der Waals surface area contributed by atoms with Crippen molar-refractivity contribution in [3.63, 3.8) is 0 Å². The Morgan fingerprint density at radius 2 is 1.70 bits per heavy atom. The number of rotatable bonds is 7. The third-order valence-electron chi connectivity index (χ3n) is 6.49. The Labute approximate surface area is 181 Å². The second kappa shape index (κ2) is 8.51. The van der Waals surface area contributed by atoms with Crippen LogP contribution in [-0.4, -0.2) is 49.1 Å². The van der Waals surface area contributed by atoms with Gasteiger partial charge in [-0.25, -0.2) is 23.4 Å². The Bertz CT molecular complexity index is 980. The van der Waals surface area contributed by atoms with Crippen molar-refractivity contribution < 1.29 is 12.8 Å². The van der Waals surface area contributed by atoms with Crippen LogP contribution in [0.15, 0.2) is 22.0 Å². The van der Waals surface area contributed by atoms with Gasteiger partial charge in [-0.2, -0.15) is 0 Å². The molecule has 3 rings (SSSR count). The van der Waals surface area contributed by atoms with Crippen molar-refractivity contribution in [3.8, 4) is 0 Å². The fraction of sp³-hybridized carbons (Fsp3) is 0.667. The first-order chi connectivity index (χ1) is 14.0. The van der Waals surface area contributed by atoms with Crippen molar-refractivity contribution in [3.05, 3.63) is 29.4 Å². The molecule has 0 aromatic carbocycles. The van der Waals surface area contributed by atoms with E-state index in [1.165, 1.54) is 0 Å². The molecule has 1 aliphatic rings. The highest BCUT2D eigenvalue weighted by Gasteiger charge is 2.49. The van der Waals surface area contributed by atoms with E-state index in [1.54, 1.807) is 6.20 Å². The van der Waals surface area contributed by atoms with Gasteiger partial charge >= 0.3 is 0 Å². The van der Waals surface area contributed by atoms with Gasteiger partial charge < -0.3 is 4.42 Å². The van der Waals surface area contributed by atoms with Crippen LogP contribution >= 0.6 is 0 Å². The van der Waals surface area contributed by atoms with Crippen LogP contribution in [-0.2, 0) is 29.3 Å². The molecule has 0 spiro atoms. The van der Waals surface area contributed by atoms with Crippen LogP contribution in [0.1, 0.15) is 58.6 Å². The number of aromatic nitrogens is 3. The molecule has 1 aliphatic heterocycles. The van der Waals surface area contributed by atoms with E-state index in [9.17, 15) is 8.42 Å². The van der Waals surface area contributed by atoms with Crippen molar-refractivity contribution >= 4 is 23.4 Å². The van der Waals surface area contributed by atoms with E-state index in [0.29, 0.717) is 36.1 Å². The maximum Gasteiger partial charge on any atom is 0.246 e. The first kappa shape index (κ1) is 23.1. The molecule has 0 atom stereocenters. The van der Waals surface area contributed by atoms with Crippen LogP contribution in [0.3, 0.4) is 0 Å². The summed E-state index contributed by atoms with van der Waals surface area (Å²) < 4.78 is 29.8. The largest absolute Gasteiger partial charge is 0.449 e. The zero-order valence-corrected chi connectivity index (χ0v) is 21.0. The maximum atomic E-state index is 11.7. The summed E-state index contributed by atoms with van der Waals surface area (Å²) in [7, 11) is -5.29. The Hall–Kier alpha value is -1.58. The summed E-state index contributed by atoms with van der Waals surface area (Å²) in [5, 5.41) is -0.0908. The maximum absolute atomic E-state index is 11.7. The summed E-state index contributed by atoms with van der Waals surface area (Å²) in [4.78, 5) is 15.4. The predicted molar refractivity (Wildman–Crippen MR) is 120 cm³/mol. The van der Waals surface area contributed by atoms with Crippen LogP contribution in [0.25, 0.3) is 0 Å². The van der Waals surface area contributed by atoms with Gasteiger partial charge in [-0.3, -0.25) is 4.90 Å². The minimum atomic E-state index is -3.39. The molecule has 30 heavy (non-hydrogen) atoms. The summed E-state index contributed by atoms with van der Waals surface area (Å²) in [5.74, 6) is 0.890. The van der Waals surface area contributed by atoms with Crippen LogP contribution in [0.2, 0.25) is 16.6 Å². The molecule has 9 heteroatoms. The molecule has 0 fully saturated rings. The molecule has 2 aromatic rings. The summed E-state index contributed by atoms with van der Waals surface area (Å²) >= 11 is 0. The fourth-order valence-corrected chi connectivity index (χ4v) is 11.8. The highest BCUT2D eigenvalue weighted by molar-refractivity contribution is 7.90. The van der Waals surface area contributed by atoms with E-state index < -0.39 is 17.9 Å². The number of hydrogen-bond acceptors (Lipinski definition) is 7. The summed E-state index contributed by atoms with van der Waals surface area (Å²) in [6.07, 6.45) is 5.37. The molecule has 2 aromatic heterocycles. The molecule has 0 aliphatic carbocycles. The second-order valence-corrected chi connectivity index (χ2v) is 17.1. The molecule has 3 heterocycles. The lowest BCUT2D eigenvalue weighted by Gasteiger charge is -2.39. The first-order valence-electron chi connectivity index (χ1n) is 10.7. The average molecular weight is 451 g/mol. The first-order valence-corrected chi connectivity index (χ1v) is 14.8. The van der Waals surface area contributed by atoms with E-state index in [4.69, 9.17) is 9.40 Å². The lowest BCUT2D eigenvalue weighted by Crippen LogP contribution is -2.56. The monoisotopic (exact) mass is 450 g/mol. The topological polar surface area (TPSA) is 89.2 Å². The molecule has 0 saturated carbocycles. The van der Waals surface area contributed by atoms with E-state index in [0.717, 1.165) is 35.3 Å². The quantitative estimate of drug-likeness (QED) is 0.472. The zero-order valence-electron chi connectivity index (χ0n) is 19.1. The second-order valence-electron chi connectivity index (χ2n) is 9.39. The van der Waals surface area contributed by atoms with Gasteiger partial charge in [0.15, 0.2) is 13.6 Å². The Balaban J connectivity index is 1.79. The molecule has 7 nitrogen and oxygen atoms in total. The number of nitrogens with zero attached hydrogens (tertiary/aromatic N) is 4. The van der Waals surface area contributed by atoms with E-state index in [2.05, 4.69) is 56.4 Å². The highest BCUT2D eigenvalue weighted by Crippen LogP contribution is 2.40. The van der Waals surface area contributed by atoms with Crippen molar-refractivity contribution in [1.29, 1.82) is 0 Å². The van der Waals surface area contributed by atoms with Crippen LogP contribution in [0.4, 0.5) is 0 Å². The van der Waals surface area contributed by atoms with Gasteiger partial charge in [-0.1, -0.05) is 41.5 Å². The molecule has 0 amide bonds. The molecule has 0 N–H and O–H groups in total. The summed E-state index contributed by atoms with van der Waals surface area (Å²) in [5.41, 5.74) is 4.41. The van der Waals surface area contributed by atoms with Crippen LogP contribution in [0, 0.1) is 0 Å². The van der Waals surface area contributed by atoms with Gasteiger partial charge in [0.25, 0.3) is 0 Å². The SMILES string of the molecule is CC(C)[Si](c1ncc(CN2CCc3nc(S(C)(=O)=O)ncc3C2)o1)(C(C)C)C(C)C. The lowest BCUT2D eigenvalue weighted by atomic mass is 10.1. The van der Waals surface area contributed by atoms with Gasteiger partial charge in [-0.15, -0.1) is 0 Å². The molecule has 0 radical (unpaired) electrons. The van der Waals surface area contributed by atoms with Gasteiger partial charge in [0.2, 0.25) is 15.0 Å². The lowest BCUT2D eigenvalue weighted by molar-refractivity contribution is 0.224. The Morgan fingerprint density at radius 3 is 2.27 bits per heavy atom. The third kappa shape index (κ3) is 4.24. The van der Waals surface area contributed by atoms with Gasteiger partial charge in [-0.05, 0) is 16.6 Å². The summed E-state index contributed by atoms with van der Waals surface area (Å²) in [6.45, 7) is 16.0.